The van der Waals surface area contributed by atoms with Gasteiger partial charge in [0.05, 0.1) is 0 Å². The molecule has 1 aliphatic heterocycles. The summed E-state index contributed by atoms with van der Waals surface area (Å²) in [5.41, 5.74) is 5.71. The zero-order valence-electron chi connectivity index (χ0n) is 13.0. The summed E-state index contributed by atoms with van der Waals surface area (Å²) < 4.78 is 11.1. The molecule has 1 saturated heterocycles. The van der Waals surface area contributed by atoms with E-state index in [1.54, 1.807) is 12.1 Å². The lowest BCUT2D eigenvalue weighted by molar-refractivity contribution is 0.0706. The fraction of sp³-hybridized carbons (Fsp3) is 0.353. The van der Waals surface area contributed by atoms with E-state index >= 15 is 0 Å². The Kier molecular flexibility index (Phi) is 5.69. The first-order valence-corrected chi connectivity index (χ1v) is 7.51. The average Bonchev–Trinajstić information content (AvgIpc) is 3.14. The molecule has 3 rings (SSSR count). The van der Waals surface area contributed by atoms with E-state index in [0.717, 1.165) is 6.42 Å². The van der Waals surface area contributed by atoms with E-state index in [0.29, 0.717) is 36.5 Å². The van der Waals surface area contributed by atoms with Crippen molar-refractivity contribution in [3.05, 3.63) is 48.2 Å². The third-order valence-electron chi connectivity index (χ3n) is 4.01. The number of nitrogens with zero attached hydrogens (tertiary/aromatic N) is 1. The normalized spacial score (nSPS) is 20.2. The minimum atomic E-state index is -0.105. The van der Waals surface area contributed by atoms with Gasteiger partial charge in [0.15, 0.2) is 5.76 Å². The highest BCUT2D eigenvalue weighted by atomic mass is 35.5. The summed E-state index contributed by atoms with van der Waals surface area (Å²) in [5.74, 6) is 1.56. The van der Waals surface area contributed by atoms with Crippen molar-refractivity contribution in [2.24, 2.45) is 11.7 Å². The van der Waals surface area contributed by atoms with Crippen molar-refractivity contribution in [3.8, 4) is 11.7 Å². The van der Waals surface area contributed by atoms with Gasteiger partial charge in [0.1, 0.15) is 5.75 Å². The van der Waals surface area contributed by atoms with Crippen molar-refractivity contribution >= 4 is 18.3 Å². The molecule has 0 spiro atoms. The standard InChI is InChI=1S/C17H20N2O3.ClH/c1-12-9-13(10-18)11-19(12)17(20)15-7-8-16(22-15)21-14-5-3-2-4-6-14;/h2-8,12-13H,9-11,18H2,1H3;1H. The summed E-state index contributed by atoms with van der Waals surface area (Å²) in [4.78, 5) is 14.3. The predicted molar refractivity (Wildman–Crippen MR) is 90.1 cm³/mol. The van der Waals surface area contributed by atoms with Crippen LogP contribution >= 0.6 is 12.4 Å². The van der Waals surface area contributed by atoms with Gasteiger partial charge in [-0.1, -0.05) is 18.2 Å². The number of likely N-dealkylation sites (tertiary alicyclic amines) is 1. The summed E-state index contributed by atoms with van der Waals surface area (Å²) in [7, 11) is 0. The van der Waals surface area contributed by atoms with Gasteiger partial charge < -0.3 is 19.8 Å². The maximum absolute atomic E-state index is 12.5. The number of hydrogen-bond donors (Lipinski definition) is 1. The molecular formula is C17H21ClN2O3. The maximum atomic E-state index is 12.5. The number of ether oxygens (including phenoxy) is 1. The molecule has 0 bridgehead atoms. The monoisotopic (exact) mass is 336 g/mol. The molecule has 1 fully saturated rings. The largest absolute Gasteiger partial charge is 0.426 e. The average molecular weight is 337 g/mol. The smallest absolute Gasteiger partial charge is 0.290 e. The van der Waals surface area contributed by atoms with Gasteiger partial charge in [-0.05, 0) is 44.0 Å². The molecule has 1 aliphatic rings. The van der Waals surface area contributed by atoms with E-state index in [4.69, 9.17) is 14.9 Å². The fourth-order valence-corrected chi connectivity index (χ4v) is 2.83. The highest BCUT2D eigenvalue weighted by Gasteiger charge is 2.33. The zero-order chi connectivity index (χ0) is 15.5. The SMILES string of the molecule is CC1CC(CN)CN1C(=O)c1ccc(Oc2ccccc2)o1.Cl. The molecule has 0 aliphatic carbocycles. The molecule has 0 saturated carbocycles. The molecule has 2 aromatic rings. The molecule has 2 atom stereocenters. The van der Waals surface area contributed by atoms with Crippen molar-refractivity contribution in [2.75, 3.05) is 13.1 Å². The Morgan fingerprint density at radius 3 is 2.70 bits per heavy atom. The van der Waals surface area contributed by atoms with Gasteiger partial charge in [0.25, 0.3) is 11.9 Å². The molecule has 124 valence electrons. The molecule has 2 heterocycles. The Hall–Kier alpha value is -1.98. The molecular weight excluding hydrogens is 316 g/mol. The quantitative estimate of drug-likeness (QED) is 0.930. The zero-order valence-corrected chi connectivity index (χ0v) is 13.8. The lowest BCUT2D eigenvalue weighted by atomic mass is 10.1. The number of halogens is 1. The van der Waals surface area contributed by atoms with Crippen LogP contribution in [0.4, 0.5) is 0 Å². The molecule has 23 heavy (non-hydrogen) atoms. The third kappa shape index (κ3) is 3.86. The Labute approximate surface area is 141 Å². The van der Waals surface area contributed by atoms with Crippen molar-refractivity contribution in [1.29, 1.82) is 0 Å². The van der Waals surface area contributed by atoms with E-state index in [9.17, 15) is 4.79 Å². The number of rotatable bonds is 4. The van der Waals surface area contributed by atoms with Crippen molar-refractivity contribution in [3.63, 3.8) is 0 Å². The minimum Gasteiger partial charge on any atom is -0.426 e. The first-order chi connectivity index (χ1) is 10.7. The van der Waals surface area contributed by atoms with Gasteiger partial charge >= 0.3 is 0 Å². The van der Waals surface area contributed by atoms with Crippen LogP contribution in [0.15, 0.2) is 46.9 Å². The van der Waals surface area contributed by atoms with Gasteiger partial charge in [-0.25, -0.2) is 0 Å². The maximum Gasteiger partial charge on any atom is 0.290 e. The van der Waals surface area contributed by atoms with E-state index in [2.05, 4.69) is 0 Å². The number of carbonyl (C=O) groups is 1. The summed E-state index contributed by atoms with van der Waals surface area (Å²) in [6, 6.07) is 12.8. The van der Waals surface area contributed by atoms with Crippen LogP contribution in [-0.2, 0) is 0 Å². The van der Waals surface area contributed by atoms with Crippen molar-refractivity contribution < 1.29 is 13.9 Å². The van der Waals surface area contributed by atoms with Gasteiger partial charge in [-0.15, -0.1) is 12.4 Å². The Morgan fingerprint density at radius 1 is 1.30 bits per heavy atom. The second-order valence-electron chi connectivity index (χ2n) is 5.68. The number of hydrogen-bond acceptors (Lipinski definition) is 4. The van der Waals surface area contributed by atoms with Crippen molar-refractivity contribution in [2.45, 2.75) is 19.4 Å². The number of amides is 1. The third-order valence-corrected chi connectivity index (χ3v) is 4.01. The number of para-hydroxylation sites is 1. The number of nitrogens with two attached hydrogens (primary N) is 1. The second-order valence-corrected chi connectivity index (χ2v) is 5.68. The van der Waals surface area contributed by atoms with Crippen LogP contribution in [0.25, 0.3) is 0 Å². The van der Waals surface area contributed by atoms with E-state index in [1.165, 1.54) is 0 Å². The molecule has 1 aromatic heterocycles. The van der Waals surface area contributed by atoms with Crippen LogP contribution in [0.2, 0.25) is 0 Å². The van der Waals surface area contributed by atoms with Crippen LogP contribution in [-0.4, -0.2) is 29.9 Å². The molecule has 1 amide bonds. The van der Waals surface area contributed by atoms with Gasteiger partial charge in [0.2, 0.25) is 0 Å². The van der Waals surface area contributed by atoms with E-state index in [-0.39, 0.29) is 24.4 Å². The molecule has 5 nitrogen and oxygen atoms in total. The summed E-state index contributed by atoms with van der Waals surface area (Å²) in [6.45, 7) is 3.33. The Morgan fingerprint density at radius 2 is 2.04 bits per heavy atom. The molecule has 2 unspecified atom stereocenters. The van der Waals surface area contributed by atoms with Crippen molar-refractivity contribution in [1.82, 2.24) is 4.90 Å². The van der Waals surface area contributed by atoms with Gasteiger partial charge in [-0.2, -0.15) is 0 Å². The number of carbonyl (C=O) groups excluding carboxylic acids is 1. The fourth-order valence-electron chi connectivity index (χ4n) is 2.83. The summed E-state index contributed by atoms with van der Waals surface area (Å²) in [6.07, 6.45) is 0.941. The van der Waals surface area contributed by atoms with E-state index in [1.807, 2.05) is 42.2 Å². The van der Waals surface area contributed by atoms with Crippen LogP contribution < -0.4 is 10.5 Å². The lowest BCUT2D eigenvalue weighted by Crippen LogP contribution is -2.34. The molecule has 2 N–H and O–H groups in total. The topological polar surface area (TPSA) is 68.7 Å². The van der Waals surface area contributed by atoms with Crippen LogP contribution in [0.1, 0.15) is 23.9 Å². The second kappa shape index (κ2) is 7.53. The van der Waals surface area contributed by atoms with Crippen LogP contribution in [0, 0.1) is 5.92 Å². The Bertz CT molecular complexity index is 644. The highest BCUT2D eigenvalue weighted by Crippen LogP contribution is 2.27. The first kappa shape index (κ1) is 17.4. The van der Waals surface area contributed by atoms with E-state index < -0.39 is 0 Å². The highest BCUT2D eigenvalue weighted by molar-refractivity contribution is 5.92. The van der Waals surface area contributed by atoms with Crippen LogP contribution in [0.5, 0.6) is 11.7 Å². The summed E-state index contributed by atoms with van der Waals surface area (Å²) >= 11 is 0. The first-order valence-electron chi connectivity index (χ1n) is 7.51. The summed E-state index contributed by atoms with van der Waals surface area (Å²) in [5, 5.41) is 0. The van der Waals surface area contributed by atoms with Gasteiger partial charge in [0, 0.05) is 18.7 Å². The number of furan rings is 1. The molecule has 6 heteroatoms. The minimum absolute atomic E-state index is 0. The van der Waals surface area contributed by atoms with Gasteiger partial charge in [-0.3, -0.25) is 4.79 Å². The molecule has 1 aromatic carbocycles. The Balaban J connectivity index is 0.00000192. The predicted octanol–water partition coefficient (Wildman–Crippen LogP) is 3.30. The van der Waals surface area contributed by atoms with Crippen LogP contribution in [0.3, 0.4) is 0 Å². The lowest BCUT2D eigenvalue weighted by Gasteiger charge is -2.19. The molecule has 0 radical (unpaired) electrons. The number of benzene rings is 1.